The molecule has 0 bridgehead atoms. The maximum atomic E-state index is 13.1. The highest BCUT2D eigenvalue weighted by Gasteiger charge is 2.27. The average Bonchev–Trinajstić information content (AvgIpc) is 2.92. The van der Waals surface area contributed by atoms with Crippen molar-refractivity contribution in [2.75, 3.05) is 38.2 Å². The normalized spacial score (nSPS) is 19.9. The minimum Gasteiger partial charge on any atom is -0.496 e. The summed E-state index contributed by atoms with van der Waals surface area (Å²) in [5.41, 5.74) is 3.03. The van der Waals surface area contributed by atoms with E-state index in [2.05, 4.69) is 41.4 Å². The van der Waals surface area contributed by atoms with Gasteiger partial charge in [0.1, 0.15) is 5.75 Å². The van der Waals surface area contributed by atoms with Crippen molar-refractivity contribution in [1.29, 1.82) is 0 Å². The lowest BCUT2D eigenvalue weighted by Crippen LogP contribution is -2.35. The number of piperidine rings is 2. The van der Waals surface area contributed by atoms with E-state index in [1.807, 2.05) is 6.92 Å². The van der Waals surface area contributed by atoms with Gasteiger partial charge >= 0.3 is 0 Å². The molecular weight excluding hydrogens is 486 g/mol. The molecule has 202 valence electrons. The van der Waals surface area contributed by atoms with Crippen molar-refractivity contribution in [3.63, 3.8) is 0 Å². The predicted octanol–water partition coefficient (Wildman–Crippen LogP) is 4.92. The summed E-state index contributed by atoms with van der Waals surface area (Å²) in [5, 5.41) is 3.09. The Morgan fingerprint density at radius 2 is 1.78 bits per heavy atom. The van der Waals surface area contributed by atoms with E-state index < -0.39 is 10.0 Å². The summed E-state index contributed by atoms with van der Waals surface area (Å²) < 4.78 is 33.3. The Bertz CT molecular complexity index is 1160. The summed E-state index contributed by atoms with van der Waals surface area (Å²) in [5.74, 6) is 1.24. The highest BCUT2D eigenvalue weighted by atomic mass is 32.2. The van der Waals surface area contributed by atoms with Crippen molar-refractivity contribution < 1.29 is 17.9 Å². The summed E-state index contributed by atoms with van der Waals surface area (Å²) in [6, 6.07) is 13.3. The maximum absolute atomic E-state index is 13.1. The zero-order chi connectivity index (χ0) is 26.4. The van der Waals surface area contributed by atoms with Gasteiger partial charge in [-0.25, -0.2) is 8.42 Å². The number of anilines is 1. The number of rotatable bonds is 9. The van der Waals surface area contributed by atoms with E-state index in [0.717, 1.165) is 49.4 Å². The van der Waals surface area contributed by atoms with Crippen molar-refractivity contribution in [3.8, 4) is 5.75 Å². The molecule has 0 unspecified atom stereocenters. The number of nitrogens with one attached hydrogen (secondary N) is 1. The third kappa shape index (κ3) is 6.85. The van der Waals surface area contributed by atoms with Crippen LogP contribution in [-0.4, -0.2) is 51.9 Å². The monoisotopic (exact) mass is 527 g/mol. The molecule has 2 atom stereocenters. The van der Waals surface area contributed by atoms with Crippen LogP contribution in [0.5, 0.6) is 5.75 Å². The third-order valence-electron chi connectivity index (χ3n) is 7.62. The van der Waals surface area contributed by atoms with E-state index in [4.69, 9.17) is 4.74 Å². The molecule has 1 amide bonds. The van der Waals surface area contributed by atoms with E-state index in [1.54, 1.807) is 29.6 Å². The lowest BCUT2D eigenvalue weighted by molar-refractivity contribution is -0.121. The Labute approximate surface area is 222 Å². The third-order valence-corrected chi connectivity index (χ3v) is 9.51. The van der Waals surface area contributed by atoms with E-state index in [0.29, 0.717) is 25.3 Å². The number of aryl methyl sites for hydroxylation is 1. The lowest BCUT2D eigenvalue weighted by Gasteiger charge is -2.33. The molecule has 2 saturated heterocycles. The number of benzene rings is 2. The Morgan fingerprint density at radius 1 is 1.05 bits per heavy atom. The van der Waals surface area contributed by atoms with Gasteiger partial charge < -0.3 is 15.0 Å². The molecule has 2 aromatic carbocycles. The highest BCUT2D eigenvalue weighted by Crippen LogP contribution is 2.28. The zero-order valence-corrected chi connectivity index (χ0v) is 23.2. The molecule has 7 nitrogen and oxygen atoms in total. The van der Waals surface area contributed by atoms with Gasteiger partial charge in [-0.15, -0.1) is 0 Å². The molecule has 0 aliphatic carbocycles. The Balaban J connectivity index is 1.36. The van der Waals surface area contributed by atoms with Crippen LogP contribution < -0.4 is 15.0 Å². The van der Waals surface area contributed by atoms with E-state index >= 15 is 0 Å². The first-order chi connectivity index (χ1) is 17.8. The SMILES string of the molecule is COc1ccc(S(=O)(=O)N2CCCCC2)cc1CCC(=O)N[C@H](C)c1ccc(N2CCC[C@H](C)C2)cc1. The number of nitrogens with zero attached hydrogens (tertiary/aromatic N) is 2. The number of amides is 1. The van der Waals surface area contributed by atoms with Crippen LogP contribution in [0.3, 0.4) is 0 Å². The smallest absolute Gasteiger partial charge is 0.243 e. The quantitative estimate of drug-likeness (QED) is 0.501. The molecule has 1 N–H and O–H groups in total. The summed E-state index contributed by atoms with van der Waals surface area (Å²) in [7, 11) is -1.98. The minimum absolute atomic E-state index is 0.0761. The fraction of sp³-hybridized carbons (Fsp3) is 0.552. The molecule has 0 spiro atoms. The van der Waals surface area contributed by atoms with Crippen molar-refractivity contribution in [1.82, 2.24) is 9.62 Å². The van der Waals surface area contributed by atoms with Crippen molar-refractivity contribution in [3.05, 3.63) is 53.6 Å². The van der Waals surface area contributed by atoms with Gasteiger partial charge in [0.15, 0.2) is 0 Å². The van der Waals surface area contributed by atoms with Crippen molar-refractivity contribution in [2.24, 2.45) is 5.92 Å². The number of ether oxygens (including phenoxy) is 1. The first-order valence-electron chi connectivity index (χ1n) is 13.6. The van der Waals surface area contributed by atoms with Crippen LogP contribution in [0.25, 0.3) is 0 Å². The second-order valence-electron chi connectivity index (χ2n) is 10.5. The van der Waals surface area contributed by atoms with E-state index in [9.17, 15) is 13.2 Å². The maximum Gasteiger partial charge on any atom is 0.243 e. The second kappa shape index (κ2) is 12.3. The molecule has 2 aromatic rings. The standard InChI is InChI=1S/C29H41N3O4S/c1-22-8-7-17-31(21-22)26-12-9-24(10-13-26)23(2)30-29(33)16-11-25-20-27(14-15-28(25)36-3)37(34,35)32-18-5-4-6-19-32/h9-10,12-15,20,22-23H,4-8,11,16-19,21H2,1-3H3,(H,30,33)/t22-,23+/m0/s1. The number of sulfonamides is 1. The van der Waals surface area contributed by atoms with Gasteiger partial charge in [0.05, 0.1) is 18.0 Å². The molecule has 0 radical (unpaired) electrons. The fourth-order valence-electron chi connectivity index (χ4n) is 5.41. The van der Waals surface area contributed by atoms with Gasteiger partial charge in [-0.3, -0.25) is 4.79 Å². The van der Waals surface area contributed by atoms with Crippen LogP contribution >= 0.6 is 0 Å². The Hall–Kier alpha value is -2.58. The van der Waals surface area contributed by atoms with Gasteiger partial charge in [0.2, 0.25) is 15.9 Å². The summed E-state index contributed by atoms with van der Waals surface area (Å²) in [4.78, 5) is 15.5. The average molecular weight is 528 g/mol. The molecule has 2 heterocycles. The van der Waals surface area contributed by atoms with E-state index in [-0.39, 0.29) is 23.3 Å². The first-order valence-corrected chi connectivity index (χ1v) is 15.0. The Kier molecular flexibility index (Phi) is 9.13. The molecule has 0 saturated carbocycles. The molecule has 0 aromatic heterocycles. The molecular formula is C29H41N3O4S. The van der Waals surface area contributed by atoms with Crippen molar-refractivity contribution in [2.45, 2.75) is 69.7 Å². The van der Waals surface area contributed by atoms with Gasteiger partial charge in [-0.1, -0.05) is 25.5 Å². The van der Waals surface area contributed by atoms with E-state index in [1.165, 1.54) is 18.5 Å². The van der Waals surface area contributed by atoms with Gasteiger partial charge in [0, 0.05) is 38.3 Å². The topological polar surface area (TPSA) is 79.0 Å². The summed E-state index contributed by atoms with van der Waals surface area (Å²) in [6.45, 7) is 7.60. The molecule has 2 aliphatic rings. The zero-order valence-electron chi connectivity index (χ0n) is 22.4. The minimum atomic E-state index is -3.54. The number of hydrogen-bond acceptors (Lipinski definition) is 5. The molecule has 4 rings (SSSR count). The van der Waals surface area contributed by atoms with Crippen LogP contribution in [0.4, 0.5) is 5.69 Å². The second-order valence-corrected chi connectivity index (χ2v) is 12.5. The largest absolute Gasteiger partial charge is 0.496 e. The van der Waals surface area contributed by atoms with Crippen molar-refractivity contribution >= 4 is 21.6 Å². The number of methoxy groups -OCH3 is 1. The molecule has 37 heavy (non-hydrogen) atoms. The van der Waals surface area contributed by atoms with Crippen LogP contribution in [0.2, 0.25) is 0 Å². The fourth-order valence-corrected chi connectivity index (χ4v) is 6.98. The molecule has 2 fully saturated rings. The number of carbonyl (C=O) groups excluding carboxylic acids is 1. The van der Waals surface area contributed by atoms with Gasteiger partial charge in [-0.05, 0) is 86.4 Å². The summed E-state index contributed by atoms with van der Waals surface area (Å²) >= 11 is 0. The van der Waals surface area contributed by atoms with Gasteiger partial charge in [0.25, 0.3) is 0 Å². The van der Waals surface area contributed by atoms with Crippen LogP contribution in [0.1, 0.15) is 69.5 Å². The predicted molar refractivity (Wildman–Crippen MR) is 148 cm³/mol. The highest BCUT2D eigenvalue weighted by molar-refractivity contribution is 7.89. The molecule has 8 heteroatoms. The first kappa shape index (κ1) is 27.5. The molecule has 2 aliphatic heterocycles. The van der Waals surface area contributed by atoms with Crippen LogP contribution in [-0.2, 0) is 21.2 Å². The number of carbonyl (C=O) groups is 1. The Morgan fingerprint density at radius 3 is 2.46 bits per heavy atom. The van der Waals surface area contributed by atoms with Crippen LogP contribution in [0, 0.1) is 5.92 Å². The van der Waals surface area contributed by atoms with Crippen LogP contribution in [0.15, 0.2) is 47.4 Å². The summed E-state index contributed by atoms with van der Waals surface area (Å²) in [6.07, 6.45) is 6.01. The number of hydrogen-bond donors (Lipinski definition) is 1. The lowest BCUT2D eigenvalue weighted by atomic mass is 9.99. The van der Waals surface area contributed by atoms with Gasteiger partial charge in [-0.2, -0.15) is 4.31 Å².